The van der Waals surface area contributed by atoms with Crippen LogP contribution in [0, 0.1) is 5.92 Å². The molecule has 0 saturated carbocycles. The Labute approximate surface area is 160 Å². The topological polar surface area (TPSA) is 26.3 Å². The normalized spacial score (nSPS) is 17.3. The van der Waals surface area contributed by atoms with Gasteiger partial charge in [-0.05, 0) is 56.1 Å². The summed E-state index contributed by atoms with van der Waals surface area (Å²) in [6.07, 6.45) is 17.2. The van der Waals surface area contributed by atoms with Gasteiger partial charge in [-0.1, -0.05) is 76.1 Å². The summed E-state index contributed by atoms with van der Waals surface area (Å²) in [5, 5.41) is 0. The molecule has 1 saturated heterocycles. The highest BCUT2D eigenvalue weighted by atomic mass is 16.5. The molecule has 146 valence electrons. The number of benzene rings is 1. The van der Waals surface area contributed by atoms with Crippen LogP contribution in [0.1, 0.15) is 95.1 Å². The fourth-order valence-corrected chi connectivity index (χ4v) is 3.88. The van der Waals surface area contributed by atoms with Crippen molar-refractivity contribution in [3.8, 4) is 0 Å². The van der Waals surface area contributed by atoms with Gasteiger partial charge in [0.05, 0.1) is 12.5 Å². The molecule has 1 aromatic carbocycles. The van der Waals surface area contributed by atoms with Crippen LogP contribution < -0.4 is 0 Å². The molecule has 0 amide bonds. The van der Waals surface area contributed by atoms with Crippen LogP contribution in [0.5, 0.6) is 0 Å². The minimum Gasteiger partial charge on any atom is -0.465 e. The number of hydrogen-bond donors (Lipinski definition) is 0. The zero-order valence-electron chi connectivity index (χ0n) is 16.8. The molecule has 0 aliphatic carbocycles. The largest absolute Gasteiger partial charge is 0.465 e. The Bertz CT molecular complexity index is 491. The molecule has 0 N–H and O–H groups in total. The molecule has 2 nitrogen and oxygen atoms in total. The van der Waals surface area contributed by atoms with Crippen LogP contribution in [0.3, 0.4) is 0 Å². The van der Waals surface area contributed by atoms with E-state index in [0.717, 1.165) is 19.3 Å². The maximum Gasteiger partial charge on any atom is 0.308 e. The lowest BCUT2D eigenvalue weighted by atomic mass is 9.94. The Morgan fingerprint density at radius 2 is 1.42 bits per heavy atom. The summed E-state index contributed by atoms with van der Waals surface area (Å²) in [5.74, 6) is 0.231. The molecule has 1 fully saturated rings. The number of unbranched alkanes of at least 4 members (excludes halogenated alkanes) is 7. The number of carbonyl (C=O) groups is 1. The highest BCUT2D eigenvalue weighted by Crippen LogP contribution is 2.22. The average Bonchev–Trinajstić information content (AvgIpc) is 2.67. The first-order chi connectivity index (χ1) is 12.8. The Kier molecular flexibility index (Phi) is 10.5. The molecule has 1 unspecified atom stereocenters. The zero-order valence-corrected chi connectivity index (χ0v) is 16.8. The third-order valence-corrected chi connectivity index (χ3v) is 5.63. The Morgan fingerprint density at radius 3 is 2.04 bits per heavy atom. The molecule has 2 rings (SSSR count). The summed E-state index contributed by atoms with van der Waals surface area (Å²) in [4.78, 5) is 11.6. The lowest BCUT2D eigenvalue weighted by Gasteiger charge is -2.20. The van der Waals surface area contributed by atoms with E-state index in [1.54, 1.807) is 0 Å². The highest BCUT2D eigenvalue weighted by molar-refractivity contribution is 5.72. The molecule has 1 atom stereocenters. The van der Waals surface area contributed by atoms with E-state index >= 15 is 0 Å². The first-order valence-electron chi connectivity index (χ1n) is 11.0. The third-order valence-electron chi connectivity index (χ3n) is 5.63. The molecule has 1 heterocycles. The number of ether oxygens (including phenoxy) is 1. The first kappa shape index (κ1) is 21.0. The van der Waals surface area contributed by atoms with E-state index in [0.29, 0.717) is 6.61 Å². The van der Waals surface area contributed by atoms with Crippen LogP contribution in [0.25, 0.3) is 0 Å². The van der Waals surface area contributed by atoms with Gasteiger partial charge in [0.15, 0.2) is 0 Å². The van der Waals surface area contributed by atoms with Gasteiger partial charge < -0.3 is 4.74 Å². The van der Waals surface area contributed by atoms with Gasteiger partial charge in [-0.3, -0.25) is 4.79 Å². The van der Waals surface area contributed by atoms with Gasteiger partial charge in [0, 0.05) is 0 Å². The average molecular weight is 359 g/mol. The molecule has 0 aromatic heterocycles. The molecule has 2 heteroatoms. The summed E-state index contributed by atoms with van der Waals surface area (Å²) >= 11 is 0. The number of rotatable bonds is 13. The van der Waals surface area contributed by atoms with E-state index in [-0.39, 0.29) is 11.9 Å². The van der Waals surface area contributed by atoms with Gasteiger partial charge in [-0.15, -0.1) is 0 Å². The fraction of sp³-hybridized carbons (Fsp3) is 0.708. The zero-order chi connectivity index (χ0) is 18.5. The predicted molar refractivity (Wildman–Crippen MR) is 109 cm³/mol. The highest BCUT2D eigenvalue weighted by Gasteiger charge is 2.22. The molecule has 0 radical (unpaired) electrons. The van der Waals surface area contributed by atoms with Crippen molar-refractivity contribution < 1.29 is 9.53 Å². The van der Waals surface area contributed by atoms with Crippen LogP contribution in [0.2, 0.25) is 0 Å². The SMILES string of the molecule is CCCCCCc1ccc(CCCCCCCC2CCCOC2=O)cc1. The van der Waals surface area contributed by atoms with E-state index in [2.05, 4.69) is 31.2 Å². The maximum atomic E-state index is 11.6. The van der Waals surface area contributed by atoms with Gasteiger partial charge in [0.2, 0.25) is 0 Å². The van der Waals surface area contributed by atoms with Crippen molar-refractivity contribution in [1.29, 1.82) is 0 Å². The monoisotopic (exact) mass is 358 g/mol. The van der Waals surface area contributed by atoms with Crippen LogP contribution in [0.15, 0.2) is 24.3 Å². The van der Waals surface area contributed by atoms with Gasteiger partial charge in [0.1, 0.15) is 0 Å². The molecule has 1 aliphatic rings. The van der Waals surface area contributed by atoms with Crippen LogP contribution in [-0.4, -0.2) is 12.6 Å². The summed E-state index contributed by atoms with van der Waals surface area (Å²) < 4.78 is 5.14. The summed E-state index contributed by atoms with van der Waals surface area (Å²) in [6.45, 7) is 2.90. The van der Waals surface area contributed by atoms with Gasteiger partial charge in [0.25, 0.3) is 0 Å². The summed E-state index contributed by atoms with van der Waals surface area (Å²) in [7, 11) is 0. The molecule has 26 heavy (non-hydrogen) atoms. The molecule has 0 spiro atoms. The van der Waals surface area contributed by atoms with E-state index in [4.69, 9.17) is 4.74 Å². The minimum absolute atomic E-state index is 0.0464. The Hall–Kier alpha value is -1.31. The lowest BCUT2D eigenvalue weighted by molar-refractivity contribution is -0.153. The van der Waals surface area contributed by atoms with Crippen LogP contribution in [0.4, 0.5) is 0 Å². The quantitative estimate of drug-likeness (QED) is 0.291. The Morgan fingerprint density at radius 1 is 0.846 bits per heavy atom. The fourth-order valence-electron chi connectivity index (χ4n) is 3.88. The van der Waals surface area contributed by atoms with Crippen molar-refractivity contribution in [1.82, 2.24) is 0 Å². The van der Waals surface area contributed by atoms with Crippen molar-refractivity contribution in [3.63, 3.8) is 0 Å². The number of cyclic esters (lactones) is 1. The van der Waals surface area contributed by atoms with E-state index in [1.165, 1.54) is 81.8 Å². The Balaban J connectivity index is 1.48. The smallest absolute Gasteiger partial charge is 0.308 e. The van der Waals surface area contributed by atoms with Crippen molar-refractivity contribution in [2.75, 3.05) is 6.61 Å². The second-order valence-corrected chi connectivity index (χ2v) is 7.94. The number of aryl methyl sites for hydroxylation is 2. The number of esters is 1. The van der Waals surface area contributed by atoms with Crippen molar-refractivity contribution in [2.24, 2.45) is 5.92 Å². The third kappa shape index (κ3) is 8.38. The predicted octanol–water partition coefficient (Wildman–Crippen LogP) is 6.65. The van der Waals surface area contributed by atoms with Crippen LogP contribution >= 0.6 is 0 Å². The van der Waals surface area contributed by atoms with Crippen LogP contribution in [-0.2, 0) is 22.4 Å². The van der Waals surface area contributed by atoms with Crippen molar-refractivity contribution in [2.45, 2.75) is 96.8 Å². The molecule has 0 bridgehead atoms. The summed E-state index contributed by atoms with van der Waals surface area (Å²) in [6, 6.07) is 9.29. The van der Waals surface area contributed by atoms with Gasteiger partial charge in [-0.25, -0.2) is 0 Å². The van der Waals surface area contributed by atoms with E-state index in [1.807, 2.05) is 0 Å². The summed E-state index contributed by atoms with van der Waals surface area (Å²) in [5.41, 5.74) is 2.97. The molecule has 1 aromatic rings. The van der Waals surface area contributed by atoms with E-state index < -0.39 is 0 Å². The molecular weight excluding hydrogens is 320 g/mol. The standard InChI is InChI=1S/C24H38O2/c1-2-3-4-8-12-21-16-18-22(19-17-21)13-9-6-5-7-10-14-23-15-11-20-26-24(23)25/h16-19,23H,2-15,20H2,1H3. The maximum absolute atomic E-state index is 11.6. The minimum atomic E-state index is 0.0464. The second-order valence-electron chi connectivity index (χ2n) is 7.94. The van der Waals surface area contributed by atoms with Crippen molar-refractivity contribution in [3.05, 3.63) is 35.4 Å². The second kappa shape index (κ2) is 12.9. The van der Waals surface area contributed by atoms with E-state index in [9.17, 15) is 4.79 Å². The number of carbonyl (C=O) groups excluding carboxylic acids is 1. The number of hydrogen-bond acceptors (Lipinski definition) is 2. The molecular formula is C24H38O2. The lowest BCUT2D eigenvalue weighted by Crippen LogP contribution is -2.23. The van der Waals surface area contributed by atoms with Gasteiger partial charge in [-0.2, -0.15) is 0 Å². The van der Waals surface area contributed by atoms with Crippen molar-refractivity contribution >= 4 is 5.97 Å². The molecule has 1 aliphatic heterocycles. The van der Waals surface area contributed by atoms with Gasteiger partial charge >= 0.3 is 5.97 Å². The first-order valence-corrected chi connectivity index (χ1v) is 11.0.